The van der Waals surface area contributed by atoms with Gasteiger partial charge in [0, 0.05) is 42.3 Å². The average Bonchev–Trinajstić information content (AvgIpc) is 3.56. The number of hydrogen-bond donors (Lipinski definition) is 2. The first-order valence-corrected chi connectivity index (χ1v) is 13.6. The van der Waals surface area contributed by atoms with Crippen LogP contribution in [0.25, 0.3) is 27.3 Å². The van der Waals surface area contributed by atoms with Gasteiger partial charge in [-0.3, -0.25) is 4.79 Å². The zero-order valence-electron chi connectivity index (χ0n) is 21.5. The summed E-state index contributed by atoms with van der Waals surface area (Å²) in [5.41, 5.74) is 9.57. The second-order valence-electron chi connectivity index (χ2n) is 9.82. The molecule has 1 fully saturated rings. The van der Waals surface area contributed by atoms with E-state index in [1.807, 2.05) is 36.4 Å². The first-order valence-electron chi connectivity index (χ1n) is 12.7. The van der Waals surface area contributed by atoms with Crippen molar-refractivity contribution in [2.24, 2.45) is 11.8 Å². The molecule has 4 aromatic rings. The minimum atomic E-state index is -1.05. The van der Waals surface area contributed by atoms with Crippen molar-refractivity contribution in [1.29, 1.82) is 0 Å². The van der Waals surface area contributed by atoms with E-state index >= 15 is 0 Å². The molecular weight excluding hydrogens is 502 g/mol. The number of aromatic nitrogens is 3. The van der Waals surface area contributed by atoms with Gasteiger partial charge in [0.05, 0.1) is 18.0 Å². The number of hydrogen-bond acceptors (Lipinski definition) is 7. The fraction of sp³-hybridized carbons (Fsp3) is 0.357. The molecule has 3 aromatic heterocycles. The third-order valence-corrected chi connectivity index (χ3v) is 8.36. The smallest absolute Gasteiger partial charge is 0.348 e. The van der Waals surface area contributed by atoms with Crippen LogP contribution in [0.3, 0.4) is 0 Å². The minimum Gasteiger partial charge on any atom is -0.477 e. The first kappa shape index (κ1) is 25.9. The summed E-state index contributed by atoms with van der Waals surface area (Å²) in [6.07, 6.45) is 5.32. The lowest BCUT2D eigenvalue weighted by Crippen LogP contribution is -2.40. The van der Waals surface area contributed by atoms with Crippen molar-refractivity contribution >= 4 is 40.4 Å². The predicted octanol–water partition coefficient (Wildman–Crippen LogP) is 5.21. The topological polar surface area (TPSA) is 123 Å². The number of fused-ring (bicyclic) bond motifs is 1. The number of methoxy groups -OCH3 is 1. The molecule has 198 valence electrons. The van der Waals surface area contributed by atoms with Gasteiger partial charge in [0.15, 0.2) is 5.65 Å². The lowest BCUT2D eigenvalue weighted by Gasteiger charge is -2.31. The van der Waals surface area contributed by atoms with Gasteiger partial charge in [-0.1, -0.05) is 31.2 Å². The van der Waals surface area contributed by atoms with Crippen molar-refractivity contribution in [3.05, 3.63) is 53.5 Å². The third kappa shape index (κ3) is 5.14. The van der Waals surface area contributed by atoms with Crippen molar-refractivity contribution in [2.45, 2.75) is 32.6 Å². The number of carbonyl (C=O) groups is 2. The maximum atomic E-state index is 13.6. The molecule has 0 atom stereocenters. The van der Waals surface area contributed by atoms with Crippen LogP contribution in [0.4, 0.5) is 11.5 Å². The number of anilines is 2. The van der Waals surface area contributed by atoms with E-state index < -0.39 is 5.97 Å². The number of aromatic carboxylic acids is 1. The Kier molecular flexibility index (Phi) is 7.44. The number of benzene rings is 1. The van der Waals surface area contributed by atoms with Crippen molar-refractivity contribution in [1.82, 2.24) is 14.6 Å². The van der Waals surface area contributed by atoms with Gasteiger partial charge in [-0.2, -0.15) is 9.61 Å². The molecule has 5 rings (SSSR count). The number of rotatable bonds is 8. The summed E-state index contributed by atoms with van der Waals surface area (Å²) in [6, 6.07) is 13.1. The molecule has 1 saturated carbocycles. The summed E-state index contributed by atoms with van der Waals surface area (Å²) < 4.78 is 6.86. The molecule has 0 saturated heterocycles. The van der Waals surface area contributed by atoms with Crippen LogP contribution in [0.2, 0.25) is 0 Å². The molecule has 1 amide bonds. The summed E-state index contributed by atoms with van der Waals surface area (Å²) in [7, 11) is 1.58. The largest absolute Gasteiger partial charge is 0.477 e. The summed E-state index contributed by atoms with van der Waals surface area (Å²) in [4.78, 5) is 32.7. The Morgan fingerprint density at radius 3 is 2.50 bits per heavy atom. The monoisotopic (exact) mass is 533 g/mol. The molecule has 10 heteroatoms. The van der Waals surface area contributed by atoms with Crippen LogP contribution in [-0.2, 0) is 9.53 Å². The maximum Gasteiger partial charge on any atom is 0.348 e. The normalized spacial score (nSPS) is 17.5. The van der Waals surface area contributed by atoms with Gasteiger partial charge < -0.3 is 20.5 Å². The number of carbonyl (C=O) groups excluding carboxylic acids is 1. The Balaban J connectivity index is 1.45. The molecule has 1 aromatic carbocycles. The number of carboxylic acids is 1. The number of nitrogens with zero attached hydrogens (tertiary/aromatic N) is 4. The standard InChI is InChI=1S/C28H31N5O4S/c1-17-3-5-20(6-4-17)27(34)32(13-14-37-2)22-16-23(38-26(22)28(35)36)19-9-7-18(8-10-19)21-15-25-30-12-11-24(29)33(25)31-21/h7-12,15-17,20H,3-6,13-14,29H2,1-2H3,(H,35,36)/t17-,20-. The molecule has 9 nitrogen and oxygen atoms in total. The molecule has 38 heavy (non-hydrogen) atoms. The van der Waals surface area contributed by atoms with Crippen LogP contribution < -0.4 is 10.6 Å². The second-order valence-corrected chi connectivity index (χ2v) is 10.9. The molecule has 3 heterocycles. The molecule has 1 aliphatic rings. The van der Waals surface area contributed by atoms with Gasteiger partial charge in [-0.05, 0) is 49.3 Å². The minimum absolute atomic E-state index is 0.0177. The fourth-order valence-electron chi connectivity index (χ4n) is 5.00. The van der Waals surface area contributed by atoms with Gasteiger partial charge in [-0.25, -0.2) is 9.78 Å². The highest BCUT2D eigenvalue weighted by Crippen LogP contribution is 2.39. The summed E-state index contributed by atoms with van der Waals surface area (Å²) in [5.74, 6) is -0.0428. The predicted molar refractivity (Wildman–Crippen MR) is 148 cm³/mol. The van der Waals surface area contributed by atoms with Gasteiger partial charge in [0.1, 0.15) is 10.7 Å². The Morgan fingerprint density at radius 2 is 1.84 bits per heavy atom. The van der Waals surface area contributed by atoms with E-state index in [0.717, 1.165) is 47.4 Å². The van der Waals surface area contributed by atoms with E-state index in [1.165, 1.54) is 11.3 Å². The number of amides is 1. The number of thiophene rings is 1. The molecule has 0 bridgehead atoms. The Labute approximate surface area is 224 Å². The maximum absolute atomic E-state index is 13.6. The van der Waals surface area contributed by atoms with Crippen LogP contribution >= 0.6 is 11.3 Å². The quantitative estimate of drug-likeness (QED) is 0.319. The fourth-order valence-corrected chi connectivity index (χ4v) is 6.00. The Bertz CT molecular complexity index is 1450. The van der Waals surface area contributed by atoms with Gasteiger partial charge in [-0.15, -0.1) is 11.3 Å². The summed E-state index contributed by atoms with van der Waals surface area (Å²) >= 11 is 1.17. The summed E-state index contributed by atoms with van der Waals surface area (Å²) in [6.45, 7) is 2.84. The number of carboxylic acid groups (broad SMARTS) is 1. The van der Waals surface area contributed by atoms with Crippen LogP contribution in [0.5, 0.6) is 0 Å². The van der Waals surface area contributed by atoms with Crippen molar-refractivity contribution in [2.75, 3.05) is 30.9 Å². The van der Waals surface area contributed by atoms with Gasteiger partial charge in [0.25, 0.3) is 0 Å². The highest BCUT2D eigenvalue weighted by atomic mass is 32.1. The van der Waals surface area contributed by atoms with Crippen LogP contribution in [-0.4, -0.2) is 51.8 Å². The highest BCUT2D eigenvalue weighted by molar-refractivity contribution is 7.18. The van der Waals surface area contributed by atoms with Gasteiger partial charge in [0.2, 0.25) is 5.91 Å². The molecule has 1 aliphatic carbocycles. The lowest BCUT2D eigenvalue weighted by atomic mass is 9.82. The van der Waals surface area contributed by atoms with E-state index in [0.29, 0.717) is 36.2 Å². The highest BCUT2D eigenvalue weighted by Gasteiger charge is 2.32. The molecule has 0 unspecified atom stereocenters. The SMILES string of the molecule is COCCN(c1cc(-c2ccc(-c3cc4nccc(N)n4n3)cc2)sc1C(=O)O)C(=O)[C@H]1CC[C@H](C)CC1. The van der Waals surface area contributed by atoms with Gasteiger partial charge >= 0.3 is 5.97 Å². The van der Waals surface area contributed by atoms with E-state index in [2.05, 4.69) is 17.0 Å². The number of nitrogen functional groups attached to an aromatic ring is 1. The van der Waals surface area contributed by atoms with E-state index in [1.54, 1.807) is 28.8 Å². The first-order chi connectivity index (χ1) is 18.4. The van der Waals surface area contributed by atoms with Crippen molar-refractivity contribution in [3.63, 3.8) is 0 Å². The Morgan fingerprint density at radius 1 is 1.13 bits per heavy atom. The molecule has 0 aliphatic heterocycles. The number of ether oxygens (including phenoxy) is 1. The lowest BCUT2D eigenvalue weighted by molar-refractivity contribution is -0.123. The average molecular weight is 534 g/mol. The van der Waals surface area contributed by atoms with E-state index in [-0.39, 0.29) is 16.7 Å². The Hall–Kier alpha value is -3.76. The molecule has 0 radical (unpaired) electrons. The van der Waals surface area contributed by atoms with Crippen LogP contribution in [0, 0.1) is 11.8 Å². The molecule has 3 N–H and O–H groups in total. The van der Waals surface area contributed by atoms with E-state index in [9.17, 15) is 14.7 Å². The van der Waals surface area contributed by atoms with Crippen LogP contribution in [0.1, 0.15) is 42.3 Å². The van der Waals surface area contributed by atoms with E-state index in [4.69, 9.17) is 10.5 Å². The van der Waals surface area contributed by atoms with Crippen molar-refractivity contribution < 1.29 is 19.4 Å². The number of nitrogens with two attached hydrogens (primary N) is 1. The zero-order chi connectivity index (χ0) is 26.8. The molecule has 0 spiro atoms. The zero-order valence-corrected chi connectivity index (χ0v) is 22.3. The molecular formula is C28H31N5O4S. The summed E-state index contributed by atoms with van der Waals surface area (Å²) in [5, 5.41) is 14.6. The third-order valence-electron chi connectivity index (χ3n) is 7.20. The second kappa shape index (κ2) is 10.9. The van der Waals surface area contributed by atoms with Crippen molar-refractivity contribution in [3.8, 4) is 21.7 Å². The van der Waals surface area contributed by atoms with Crippen LogP contribution in [0.15, 0.2) is 48.7 Å².